The molecule has 1 aromatic heterocycles. The third kappa shape index (κ3) is 4.44. The lowest BCUT2D eigenvalue weighted by Crippen LogP contribution is -2.27. The van der Waals surface area contributed by atoms with Crippen LogP contribution in [-0.4, -0.2) is 39.0 Å². The Morgan fingerprint density at radius 3 is 2.34 bits per heavy atom. The Morgan fingerprint density at radius 2 is 1.69 bits per heavy atom. The van der Waals surface area contributed by atoms with Crippen molar-refractivity contribution in [2.75, 3.05) is 20.8 Å². The summed E-state index contributed by atoms with van der Waals surface area (Å²) in [6.07, 6.45) is 0.518. The summed E-state index contributed by atoms with van der Waals surface area (Å²) in [6.45, 7) is 3.72. The molecule has 8 heteroatoms. The second-order valence-corrected chi connectivity index (χ2v) is 8.29. The van der Waals surface area contributed by atoms with Gasteiger partial charge in [0.25, 0.3) is 0 Å². The zero-order chi connectivity index (χ0) is 21.0. The second-order valence-electron chi connectivity index (χ2n) is 6.58. The van der Waals surface area contributed by atoms with Crippen molar-refractivity contribution >= 4 is 10.0 Å². The standard InChI is InChI=1S/C21H25N3O4S/c1-15-21(16(2)24(23-15)18-8-6-5-7-9-18)29(25,26)22-13-12-17-10-11-19(27-3)20(14-17)28-4/h5-11,14,22H,12-13H2,1-4H3. The number of sulfonamides is 1. The van der Waals surface area contributed by atoms with Crippen LogP contribution >= 0.6 is 0 Å². The van der Waals surface area contributed by atoms with Crippen molar-refractivity contribution in [3.8, 4) is 17.2 Å². The predicted molar refractivity (Wildman–Crippen MR) is 111 cm³/mol. The van der Waals surface area contributed by atoms with Crippen molar-refractivity contribution in [3.05, 3.63) is 65.5 Å². The largest absolute Gasteiger partial charge is 0.493 e. The number of nitrogens with zero attached hydrogens (tertiary/aromatic N) is 2. The highest BCUT2D eigenvalue weighted by molar-refractivity contribution is 7.89. The summed E-state index contributed by atoms with van der Waals surface area (Å²) in [5.74, 6) is 1.25. The summed E-state index contributed by atoms with van der Waals surface area (Å²) in [4.78, 5) is 0.216. The van der Waals surface area contributed by atoms with Crippen molar-refractivity contribution in [2.45, 2.75) is 25.2 Å². The van der Waals surface area contributed by atoms with Gasteiger partial charge >= 0.3 is 0 Å². The zero-order valence-corrected chi connectivity index (χ0v) is 17.8. The number of nitrogens with one attached hydrogen (secondary N) is 1. The van der Waals surface area contributed by atoms with Gasteiger partial charge in [-0.05, 0) is 50.1 Å². The lowest BCUT2D eigenvalue weighted by Gasteiger charge is -2.11. The van der Waals surface area contributed by atoms with Crippen LogP contribution < -0.4 is 14.2 Å². The second kappa shape index (κ2) is 8.67. The van der Waals surface area contributed by atoms with E-state index in [1.54, 1.807) is 38.8 Å². The average Bonchev–Trinajstić information content (AvgIpc) is 3.03. The van der Waals surface area contributed by atoms with Gasteiger partial charge in [0.05, 0.1) is 31.3 Å². The van der Waals surface area contributed by atoms with E-state index < -0.39 is 10.0 Å². The molecule has 0 radical (unpaired) electrons. The fraction of sp³-hybridized carbons (Fsp3) is 0.286. The van der Waals surface area contributed by atoms with Crippen LogP contribution in [0.2, 0.25) is 0 Å². The lowest BCUT2D eigenvalue weighted by molar-refractivity contribution is 0.354. The minimum atomic E-state index is -3.70. The highest BCUT2D eigenvalue weighted by Crippen LogP contribution is 2.28. The van der Waals surface area contributed by atoms with E-state index >= 15 is 0 Å². The number of methoxy groups -OCH3 is 2. The third-order valence-electron chi connectivity index (χ3n) is 4.65. The van der Waals surface area contributed by atoms with Crippen LogP contribution in [-0.2, 0) is 16.4 Å². The van der Waals surface area contributed by atoms with Crippen LogP contribution in [0.1, 0.15) is 17.0 Å². The molecule has 29 heavy (non-hydrogen) atoms. The van der Waals surface area contributed by atoms with Gasteiger partial charge in [0.2, 0.25) is 10.0 Å². The first kappa shape index (κ1) is 20.9. The summed E-state index contributed by atoms with van der Waals surface area (Å²) < 4.78 is 40.7. The molecule has 0 bridgehead atoms. The topological polar surface area (TPSA) is 82.5 Å². The average molecular weight is 416 g/mol. The van der Waals surface area contributed by atoms with E-state index in [1.165, 1.54) is 0 Å². The molecule has 0 amide bonds. The first-order valence-electron chi connectivity index (χ1n) is 9.19. The highest BCUT2D eigenvalue weighted by Gasteiger charge is 2.24. The van der Waals surface area contributed by atoms with E-state index in [-0.39, 0.29) is 11.4 Å². The van der Waals surface area contributed by atoms with Crippen LogP contribution in [0.15, 0.2) is 53.4 Å². The first-order chi connectivity index (χ1) is 13.9. The third-order valence-corrected chi connectivity index (χ3v) is 6.36. The normalized spacial score (nSPS) is 11.4. The van der Waals surface area contributed by atoms with Crippen molar-refractivity contribution < 1.29 is 17.9 Å². The smallest absolute Gasteiger partial charge is 0.244 e. The van der Waals surface area contributed by atoms with E-state index in [1.807, 2.05) is 42.5 Å². The van der Waals surface area contributed by atoms with Crippen LogP contribution in [0.4, 0.5) is 0 Å². The molecular formula is C21H25N3O4S. The van der Waals surface area contributed by atoms with Crippen molar-refractivity contribution in [3.63, 3.8) is 0 Å². The molecule has 3 rings (SSSR count). The molecule has 0 aliphatic carbocycles. The summed E-state index contributed by atoms with van der Waals surface area (Å²) in [5, 5.41) is 4.42. The number of para-hydroxylation sites is 1. The molecule has 0 fully saturated rings. The number of hydrogen-bond acceptors (Lipinski definition) is 5. The maximum atomic E-state index is 12.9. The van der Waals surface area contributed by atoms with Crippen molar-refractivity contribution in [2.24, 2.45) is 0 Å². The maximum absolute atomic E-state index is 12.9. The van der Waals surface area contributed by atoms with Crippen LogP contribution in [0.3, 0.4) is 0 Å². The van der Waals surface area contributed by atoms with Crippen molar-refractivity contribution in [1.82, 2.24) is 14.5 Å². The van der Waals surface area contributed by atoms with E-state index in [4.69, 9.17) is 9.47 Å². The summed E-state index contributed by atoms with van der Waals surface area (Å²) in [6, 6.07) is 15.0. The van der Waals surface area contributed by atoms with Gasteiger partial charge in [-0.15, -0.1) is 0 Å². The molecule has 3 aromatic rings. The molecule has 0 aliphatic rings. The van der Waals surface area contributed by atoms with Gasteiger partial charge in [-0.1, -0.05) is 24.3 Å². The van der Waals surface area contributed by atoms with Gasteiger partial charge in [-0.2, -0.15) is 5.10 Å². The SMILES string of the molecule is COc1ccc(CCNS(=O)(=O)c2c(C)nn(-c3ccccc3)c2C)cc1OC. The van der Waals surface area contributed by atoms with E-state index in [9.17, 15) is 8.42 Å². The number of aryl methyl sites for hydroxylation is 1. The van der Waals surface area contributed by atoms with Gasteiger partial charge in [0, 0.05) is 6.54 Å². The van der Waals surface area contributed by atoms with Gasteiger partial charge < -0.3 is 9.47 Å². The van der Waals surface area contributed by atoms with Crippen LogP contribution in [0.25, 0.3) is 5.69 Å². The molecule has 0 unspecified atom stereocenters. The fourth-order valence-electron chi connectivity index (χ4n) is 3.28. The summed E-state index contributed by atoms with van der Waals surface area (Å²) in [5.41, 5.74) is 2.80. The molecule has 1 heterocycles. The maximum Gasteiger partial charge on any atom is 0.244 e. The van der Waals surface area contributed by atoms with Crippen molar-refractivity contribution in [1.29, 1.82) is 0 Å². The quantitative estimate of drug-likeness (QED) is 0.612. The molecule has 2 aromatic carbocycles. The first-order valence-corrected chi connectivity index (χ1v) is 10.7. The van der Waals surface area contributed by atoms with Gasteiger partial charge in [0.15, 0.2) is 11.5 Å². The molecule has 0 saturated heterocycles. The Morgan fingerprint density at radius 1 is 1.00 bits per heavy atom. The highest BCUT2D eigenvalue weighted by atomic mass is 32.2. The Bertz CT molecular complexity index is 1090. The number of rotatable bonds is 8. The number of ether oxygens (including phenoxy) is 2. The zero-order valence-electron chi connectivity index (χ0n) is 17.0. The molecule has 0 atom stereocenters. The minimum absolute atomic E-state index is 0.216. The summed E-state index contributed by atoms with van der Waals surface area (Å²) in [7, 11) is -0.552. The van der Waals surface area contributed by atoms with Gasteiger partial charge in [-0.25, -0.2) is 17.8 Å². The molecule has 1 N–H and O–H groups in total. The van der Waals surface area contributed by atoms with E-state index in [0.29, 0.717) is 29.3 Å². The molecule has 0 aliphatic heterocycles. The number of benzene rings is 2. The molecule has 0 spiro atoms. The molecular weight excluding hydrogens is 390 g/mol. The number of hydrogen-bond donors (Lipinski definition) is 1. The predicted octanol–water partition coefficient (Wildman–Crippen LogP) is 3.03. The van der Waals surface area contributed by atoms with E-state index in [2.05, 4.69) is 9.82 Å². The van der Waals surface area contributed by atoms with Crippen LogP contribution in [0, 0.1) is 13.8 Å². The fourth-order valence-corrected chi connectivity index (χ4v) is 4.70. The Kier molecular flexibility index (Phi) is 6.24. The monoisotopic (exact) mass is 415 g/mol. The lowest BCUT2D eigenvalue weighted by atomic mass is 10.1. The van der Waals surface area contributed by atoms with Gasteiger partial charge in [-0.3, -0.25) is 0 Å². The number of aromatic nitrogens is 2. The Balaban J connectivity index is 1.76. The Hall–Kier alpha value is -2.84. The Labute approximate surface area is 171 Å². The molecule has 0 saturated carbocycles. The van der Waals surface area contributed by atoms with Gasteiger partial charge in [0.1, 0.15) is 4.90 Å². The van der Waals surface area contributed by atoms with Crippen LogP contribution in [0.5, 0.6) is 11.5 Å². The molecule has 7 nitrogen and oxygen atoms in total. The molecule has 154 valence electrons. The van der Waals surface area contributed by atoms with E-state index in [0.717, 1.165) is 11.3 Å². The summed E-state index contributed by atoms with van der Waals surface area (Å²) >= 11 is 0. The minimum Gasteiger partial charge on any atom is -0.493 e.